The summed E-state index contributed by atoms with van der Waals surface area (Å²) in [4.78, 5) is 12.3. The number of benzene rings is 2. The van der Waals surface area contributed by atoms with Gasteiger partial charge in [0, 0.05) is 17.7 Å². The first-order chi connectivity index (χ1) is 15.8. The predicted octanol–water partition coefficient (Wildman–Crippen LogP) is 7.95. The average molecular weight is 576 g/mol. The second kappa shape index (κ2) is 9.24. The summed E-state index contributed by atoms with van der Waals surface area (Å²) in [5.74, 6) is -0.0714. The van der Waals surface area contributed by atoms with Crippen LogP contribution in [0.5, 0.6) is 0 Å². The summed E-state index contributed by atoms with van der Waals surface area (Å²) in [7, 11) is 2.07. The van der Waals surface area contributed by atoms with Crippen LogP contribution in [0.15, 0.2) is 54.6 Å². The summed E-state index contributed by atoms with van der Waals surface area (Å²) in [5, 5.41) is 2.43. The van der Waals surface area contributed by atoms with Gasteiger partial charge in [0.1, 0.15) is 7.05 Å². The Balaban J connectivity index is 1.66. The molecular formula is C24H19Cl6N4+. The van der Waals surface area contributed by atoms with Crippen LogP contribution in [0.3, 0.4) is 0 Å². The van der Waals surface area contributed by atoms with Crippen LogP contribution in [0, 0.1) is 0 Å². The number of fused-ring (bicyclic) bond motifs is 2. The van der Waals surface area contributed by atoms with Crippen molar-refractivity contribution in [3.8, 4) is 0 Å². The first kappa shape index (κ1) is 25.7. The van der Waals surface area contributed by atoms with E-state index in [2.05, 4.69) is 70.8 Å². The molecule has 0 radical (unpaired) electrons. The minimum Gasteiger partial charge on any atom is -0.209 e. The van der Waals surface area contributed by atoms with Gasteiger partial charge < -0.3 is 0 Å². The van der Waals surface area contributed by atoms with Crippen molar-refractivity contribution >= 4 is 97.9 Å². The summed E-state index contributed by atoms with van der Waals surface area (Å²) in [6, 6.07) is 12.9. The Hall–Kier alpha value is -1.40. The number of alkyl halides is 6. The molecule has 0 saturated carbocycles. The van der Waals surface area contributed by atoms with E-state index in [0.717, 1.165) is 5.71 Å². The van der Waals surface area contributed by atoms with Crippen molar-refractivity contribution in [3.63, 3.8) is 0 Å². The molecule has 2 aromatic carbocycles. The van der Waals surface area contributed by atoms with Gasteiger partial charge in [0.05, 0.1) is 5.41 Å². The van der Waals surface area contributed by atoms with E-state index in [9.17, 15) is 0 Å². The first-order valence-corrected chi connectivity index (χ1v) is 12.4. The third-order valence-corrected chi connectivity index (χ3v) is 6.68. The summed E-state index contributed by atoms with van der Waals surface area (Å²) >= 11 is 35.6. The maximum absolute atomic E-state index is 5.93. The highest BCUT2D eigenvalue weighted by molar-refractivity contribution is 6.67. The van der Waals surface area contributed by atoms with E-state index in [-0.39, 0.29) is 22.9 Å². The number of hydrogen-bond acceptors (Lipinski definition) is 3. The van der Waals surface area contributed by atoms with Gasteiger partial charge in [-0.25, -0.2) is 15.0 Å². The van der Waals surface area contributed by atoms with E-state index in [1.54, 1.807) is 12.2 Å². The van der Waals surface area contributed by atoms with E-state index >= 15 is 0 Å². The summed E-state index contributed by atoms with van der Waals surface area (Å²) in [6.07, 6.45) is 7.35. The van der Waals surface area contributed by atoms with E-state index in [0.29, 0.717) is 0 Å². The normalized spacial score (nSPS) is 16.3. The Morgan fingerprint density at radius 2 is 1.32 bits per heavy atom. The first-order valence-electron chi connectivity index (χ1n) is 10.2. The molecule has 0 amide bonds. The number of aromatic nitrogens is 3. The van der Waals surface area contributed by atoms with Crippen molar-refractivity contribution in [2.24, 2.45) is 0 Å². The van der Waals surface area contributed by atoms with Crippen molar-refractivity contribution in [1.29, 1.82) is 0 Å². The highest BCUT2D eigenvalue weighted by Crippen LogP contribution is 2.42. The highest BCUT2D eigenvalue weighted by atomic mass is 35.6. The molecule has 0 spiro atoms. The lowest BCUT2D eigenvalue weighted by atomic mass is 9.80. The number of allylic oxidation sites excluding steroid dienone is 3. The van der Waals surface area contributed by atoms with Gasteiger partial charge in [-0.3, -0.25) is 0 Å². The molecule has 0 bridgehead atoms. The third kappa shape index (κ3) is 5.09. The van der Waals surface area contributed by atoms with Gasteiger partial charge in [-0.05, 0) is 36.8 Å². The molecule has 4 nitrogen and oxygen atoms in total. The molecule has 0 N–H and O–H groups in total. The van der Waals surface area contributed by atoms with Crippen molar-refractivity contribution < 1.29 is 4.58 Å². The Morgan fingerprint density at radius 1 is 0.794 bits per heavy atom. The van der Waals surface area contributed by atoms with Gasteiger partial charge >= 0.3 is 0 Å². The number of hydrogen-bond donors (Lipinski definition) is 0. The average Bonchev–Trinajstić information content (AvgIpc) is 2.93. The summed E-state index contributed by atoms with van der Waals surface area (Å²) in [6.45, 7) is 4.42. The van der Waals surface area contributed by atoms with Gasteiger partial charge in [-0.15, -0.1) is 0 Å². The van der Waals surface area contributed by atoms with Gasteiger partial charge in [-0.2, -0.15) is 4.58 Å². The number of nitrogens with zero attached hydrogens (tertiary/aromatic N) is 4. The van der Waals surface area contributed by atoms with Crippen LogP contribution in [-0.2, 0) is 13.0 Å². The minimum absolute atomic E-state index is 0.133. The van der Waals surface area contributed by atoms with E-state index < -0.39 is 7.59 Å². The molecule has 10 heteroatoms. The van der Waals surface area contributed by atoms with Crippen LogP contribution < -0.4 is 0 Å². The topological polar surface area (TPSA) is 41.7 Å². The van der Waals surface area contributed by atoms with Crippen LogP contribution in [0.4, 0.5) is 5.69 Å². The zero-order valence-electron chi connectivity index (χ0n) is 18.3. The summed E-state index contributed by atoms with van der Waals surface area (Å²) < 4.78 is -1.58. The van der Waals surface area contributed by atoms with Gasteiger partial charge in [0.2, 0.25) is 13.3 Å². The zero-order valence-corrected chi connectivity index (χ0v) is 22.9. The Kier molecular flexibility index (Phi) is 6.98. The SMILES string of the molecule is C[N+]1=C(C=CC=Cc2nc(C(Cl)(Cl)Cl)nc(C(Cl)(Cl)Cl)n2)C(C)(C)c2cc3ccccc3cc21. The molecule has 1 aliphatic rings. The van der Waals surface area contributed by atoms with Gasteiger partial charge in [0.15, 0.2) is 23.2 Å². The molecular weight excluding hydrogens is 557 g/mol. The molecule has 0 saturated heterocycles. The zero-order chi connectivity index (χ0) is 24.9. The molecule has 4 rings (SSSR count). The van der Waals surface area contributed by atoms with Crippen molar-refractivity contribution in [2.45, 2.75) is 26.8 Å². The van der Waals surface area contributed by atoms with Crippen LogP contribution in [0.1, 0.15) is 36.9 Å². The van der Waals surface area contributed by atoms with Crippen LogP contribution in [0.2, 0.25) is 0 Å². The lowest BCUT2D eigenvalue weighted by Crippen LogP contribution is -2.26. The number of rotatable bonds is 3. The maximum atomic E-state index is 5.93. The molecule has 1 aliphatic heterocycles. The monoisotopic (exact) mass is 573 g/mol. The quantitative estimate of drug-likeness (QED) is 0.181. The van der Waals surface area contributed by atoms with Crippen LogP contribution in [0.25, 0.3) is 16.8 Å². The number of halogens is 6. The highest BCUT2D eigenvalue weighted by Gasteiger charge is 2.43. The molecule has 0 aliphatic carbocycles. The molecule has 34 heavy (non-hydrogen) atoms. The van der Waals surface area contributed by atoms with Crippen molar-refractivity contribution in [1.82, 2.24) is 15.0 Å². The Labute approximate surface area is 227 Å². The second-order valence-electron chi connectivity index (χ2n) is 8.34. The fourth-order valence-corrected chi connectivity index (χ4v) is 4.53. The van der Waals surface area contributed by atoms with E-state index in [1.807, 2.05) is 18.2 Å². The molecule has 0 fully saturated rings. The Bertz CT molecular complexity index is 1330. The van der Waals surface area contributed by atoms with Gasteiger partial charge in [0.25, 0.3) is 0 Å². The third-order valence-electron chi connectivity index (χ3n) is 5.67. The second-order valence-corrected chi connectivity index (χ2v) is 12.9. The Morgan fingerprint density at radius 3 is 1.88 bits per heavy atom. The van der Waals surface area contributed by atoms with Crippen molar-refractivity contribution in [2.75, 3.05) is 7.05 Å². The van der Waals surface area contributed by atoms with Gasteiger partial charge in [-0.1, -0.05) is 106 Å². The summed E-state index contributed by atoms with van der Waals surface area (Å²) in [5.41, 5.74) is 3.41. The van der Waals surface area contributed by atoms with Crippen molar-refractivity contribution in [3.05, 3.63) is 77.7 Å². The fourth-order valence-electron chi connectivity index (χ4n) is 4.02. The molecule has 0 atom stereocenters. The molecule has 2 heterocycles. The molecule has 176 valence electrons. The predicted molar refractivity (Wildman–Crippen MR) is 144 cm³/mol. The van der Waals surface area contributed by atoms with E-state index in [4.69, 9.17) is 69.6 Å². The standard InChI is InChI=1S/C24H19Cl6N4/c1-22(2)16-12-14-8-4-5-9-15(14)13-17(16)34(3)18(22)10-6-7-11-19-31-20(23(25,26)27)33-21(32-19)24(28,29)30/h4-13H,1-3H3/q+1. The molecule has 3 aromatic rings. The maximum Gasteiger partial charge on any atom is 0.250 e. The largest absolute Gasteiger partial charge is 0.250 e. The fraction of sp³-hybridized carbons (Fsp3) is 0.250. The molecule has 1 aromatic heterocycles. The minimum atomic E-state index is -1.90. The lowest BCUT2D eigenvalue weighted by molar-refractivity contribution is -0.401. The van der Waals surface area contributed by atoms with Crippen LogP contribution >= 0.6 is 69.6 Å². The molecule has 0 unspecified atom stereocenters. The van der Waals surface area contributed by atoms with Crippen LogP contribution in [-0.4, -0.2) is 32.3 Å². The van der Waals surface area contributed by atoms with E-state index in [1.165, 1.54) is 22.0 Å². The smallest absolute Gasteiger partial charge is 0.209 e. The lowest BCUT2D eigenvalue weighted by Gasteiger charge is -2.15.